The maximum Gasteiger partial charge on any atom is 0.110 e. The SMILES string of the molecule is CSCCCCn1c(CC2CC2)nc2cncc(C)c21. The van der Waals surface area contributed by atoms with Gasteiger partial charge in [0.1, 0.15) is 11.3 Å². The highest BCUT2D eigenvalue weighted by Crippen LogP contribution is 2.33. The van der Waals surface area contributed by atoms with Crippen molar-refractivity contribution >= 4 is 22.8 Å². The van der Waals surface area contributed by atoms with Crippen LogP contribution in [-0.2, 0) is 13.0 Å². The van der Waals surface area contributed by atoms with Crippen molar-refractivity contribution in [1.29, 1.82) is 0 Å². The number of nitrogens with zero attached hydrogens (tertiary/aromatic N) is 3. The van der Waals surface area contributed by atoms with Gasteiger partial charge in [0.05, 0.1) is 11.7 Å². The molecule has 0 radical (unpaired) electrons. The molecule has 3 nitrogen and oxygen atoms in total. The lowest BCUT2D eigenvalue weighted by Gasteiger charge is -2.10. The van der Waals surface area contributed by atoms with Gasteiger partial charge in [0.2, 0.25) is 0 Å². The maximum atomic E-state index is 4.85. The Labute approximate surface area is 125 Å². The molecule has 0 atom stereocenters. The van der Waals surface area contributed by atoms with Gasteiger partial charge in [-0.2, -0.15) is 11.8 Å². The molecular weight excluding hydrogens is 266 g/mol. The molecule has 2 aromatic rings. The van der Waals surface area contributed by atoms with E-state index in [1.807, 2.05) is 24.2 Å². The number of hydrogen-bond acceptors (Lipinski definition) is 3. The molecule has 0 bridgehead atoms. The summed E-state index contributed by atoms with van der Waals surface area (Å²) in [6.45, 7) is 3.25. The summed E-state index contributed by atoms with van der Waals surface area (Å²) in [6, 6.07) is 0. The van der Waals surface area contributed by atoms with Crippen LogP contribution < -0.4 is 0 Å². The number of imidazole rings is 1. The van der Waals surface area contributed by atoms with Gasteiger partial charge in [0.25, 0.3) is 0 Å². The number of thioether (sulfide) groups is 1. The Balaban J connectivity index is 1.87. The molecule has 0 amide bonds. The predicted molar refractivity (Wildman–Crippen MR) is 86.3 cm³/mol. The van der Waals surface area contributed by atoms with Crippen LogP contribution in [0.1, 0.15) is 37.1 Å². The van der Waals surface area contributed by atoms with Crippen LogP contribution in [0.25, 0.3) is 11.0 Å². The fraction of sp³-hybridized carbons (Fsp3) is 0.625. The van der Waals surface area contributed by atoms with Crippen LogP contribution in [0.2, 0.25) is 0 Å². The van der Waals surface area contributed by atoms with E-state index in [9.17, 15) is 0 Å². The van der Waals surface area contributed by atoms with Gasteiger partial charge in [-0.1, -0.05) is 0 Å². The molecule has 0 aliphatic heterocycles. The number of pyridine rings is 1. The van der Waals surface area contributed by atoms with Crippen LogP contribution in [0.5, 0.6) is 0 Å². The third-order valence-corrected chi connectivity index (χ3v) is 4.76. The van der Waals surface area contributed by atoms with Crippen LogP contribution in [0, 0.1) is 12.8 Å². The van der Waals surface area contributed by atoms with Crippen molar-refractivity contribution in [3.8, 4) is 0 Å². The van der Waals surface area contributed by atoms with Gasteiger partial charge in [0.15, 0.2) is 0 Å². The van der Waals surface area contributed by atoms with E-state index < -0.39 is 0 Å². The Morgan fingerprint density at radius 3 is 2.90 bits per heavy atom. The van der Waals surface area contributed by atoms with Gasteiger partial charge >= 0.3 is 0 Å². The van der Waals surface area contributed by atoms with Gasteiger partial charge in [-0.15, -0.1) is 0 Å². The first-order chi connectivity index (χ1) is 9.79. The van der Waals surface area contributed by atoms with Crippen LogP contribution >= 0.6 is 11.8 Å². The van der Waals surface area contributed by atoms with Crippen LogP contribution in [0.15, 0.2) is 12.4 Å². The zero-order valence-electron chi connectivity index (χ0n) is 12.4. The van der Waals surface area contributed by atoms with Gasteiger partial charge in [0, 0.05) is 19.2 Å². The highest BCUT2D eigenvalue weighted by Gasteiger charge is 2.25. The van der Waals surface area contributed by atoms with Crippen LogP contribution in [0.4, 0.5) is 0 Å². The molecule has 0 spiro atoms. The summed E-state index contributed by atoms with van der Waals surface area (Å²) in [6.07, 6.45) is 12.5. The summed E-state index contributed by atoms with van der Waals surface area (Å²) in [7, 11) is 0. The van der Waals surface area contributed by atoms with E-state index in [0.29, 0.717) is 0 Å². The Bertz CT molecular complexity index is 587. The summed E-state index contributed by atoms with van der Waals surface area (Å²) in [4.78, 5) is 9.14. The van der Waals surface area contributed by atoms with Crippen molar-refractivity contribution in [1.82, 2.24) is 14.5 Å². The van der Waals surface area contributed by atoms with Crippen LogP contribution in [0.3, 0.4) is 0 Å². The van der Waals surface area contributed by atoms with Crippen molar-refractivity contribution in [3.05, 3.63) is 23.8 Å². The average Bonchev–Trinajstić information content (AvgIpc) is 3.17. The molecule has 0 saturated heterocycles. The second kappa shape index (κ2) is 6.17. The molecular formula is C16H23N3S. The molecule has 1 aliphatic carbocycles. The number of unbranched alkanes of at least 4 members (excludes halogenated alkanes) is 1. The quantitative estimate of drug-likeness (QED) is 0.726. The van der Waals surface area contributed by atoms with E-state index in [4.69, 9.17) is 4.98 Å². The summed E-state index contributed by atoms with van der Waals surface area (Å²) in [5.74, 6) is 3.42. The second-order valence-corrected chi connectivity index (χ2v) is 6.84. The number of fused-ring (bicyclic) bond motifs is 1. The Morgan fingerprint density at radius 1 is 1.30 bits per heavy atom. The number of aromatic nitrogens is 3. The molecule has 2 heterocycles. The van der Waals surface area contributed by atoms with Crippen molar-refractivity contribution in [2.75, 3.05) is 12.0 Å². The topological polar surface area (TPSA) is 30.7 Å². The first kappa shape index (κ1) is 13.9. The fourth-order valence-electron chi connectivity index (χ4n) is 2.80. The number of rotatable bonds is 7. The zero-order valence-corrected chi connectivity index (χ0v) is 13.2. The van der Waals surface area contributed by atoms with E-state index in [1.54, 1.807) is 0 Å². The summed E-state index contributed by atoms with van der Waals surface area (Å²) in [5, 5.41) is 0. The zero-order chi connectivity index (χ0) is 13.9. The molecule has 0 aromatic carbocycles. The standard InChI is InChI=1S/C16H23N3S/c1-12-10-17-11-14-16(12)19(7-3-4-8-20-2)15(18-14)9-13-5-6-13/h10-11,13H,3-9H2,1-2H3. The summed E-state index contributed by atoms with van der Waals surface area (Å²) < 4.78 is 2.46. The normalized spacial score (nSPS) is 15.1. The largest absolute Gasteiger partial charge is 0.328 e. The average molecular weight is 289 g/mol. The third-order valence-electron chi connectivity index (χ3n) is 4.06. The predicted octanol–water partition coefficient (Wildman–Crippen LogP) is 3.84. The summed E-state index contributed by atoms with van der Waals surface area (Å²) >= 11 is 1.94. The van der Waals surface area contributed by atoms with E-state index in [0.717, 1.165) is 24.4 Å². The molecule has 1 saturated carbocycles. The lowest BCUT2D eigenvalue weighted by molar-refractivity contribution is 0.604. The van der Waals surface area contributed by atoms with Gasteiger partial charge in [-0.3, -0.25) is 4.98 Å². The highest BCUT2D eigenvalue weighted by atomic mass is 32.2. The van der Waals surface area contributed by atoms with E-state index in [2.05, 4.69) is 22.7 Å². The molecule has 20 heavy (non-hydrogen) atoms. The molecule has 2 aromatic heterocycles. The van der Waals surface area contributed by atoms with Gasteiger partial charge < -0.3 is 4.57 Å². The molecule has 108 valence electrons. The molecule has 0 N–H and O–H groups in total. The minimum Gasteiger partial charge on any atom is -0.328 e. The minimum atomic E-state index is 0.880. The van der Waals surface area contributed by atoms with E-state index >= 15 is 0 Å². The Hall–Kier alpha value is -1.03. The number of hydrogen-bond donors (Lipinski definition) is 0. The van der Waals surface area contributed by atoms with Gasteiger partial charge in [-0.05, 0) is 56.1 Å². The van der Waals surface area contributed by atoms with Crippen LogP contribution in [-0.4, -0.2) is 26.5 Å². The van der Waals surface area contributed by atoms with E-state index in [-0.39, 0.29) is 0 Å². The second-order valence-electron chi connectivity index (χ2n) is 5.85. The molecule has 0 unspecified atom stereocenters. The van der Waals surface area contributed by atoms with E-state index in [1.165, 1.54) is 48.3 Å². The maximum absolute atomic E-state index is 4.85. The lowest BCUT2D eigenvalue weighted by Crippen LogP contribution is -2.06. The van der Waals surface area contributed by atoms with Gasteiger partial charge in [-0.25, -0.2) is 4.98 Å². The number of aryl methyl sites for hydroxylation is 2. The van der Waals surface area contributed by atoms with Crippen molar-refractivity contribution in [2.45, 2.75) is 45.6 Å². The molecule has 3 rings (SSSR count). The first-order valence-electron chi connectivity index (χ1n) is 7.58. The highest BCUT2D eigenvalue weighted by molar-refractivity contribution is 7.98. The Morgan fingerprint density at radius 2 is 2.15 bits per heavy atom. The first-order valence-corrected chi connectivity index (χ1v) is 8.97. The minimum absolute atomic E-state index is 0.880. The molecule has 4 heteroatoms. The lowest BCUT2D eigenvalue weighted by atomic mass is 10.2. The fourth-order valence-corrected chi connectivity index (χ4v) is 3.29. The van der Waals surface area contributed by atoms with Crippen molar-refractivity contribution < 1.29 is 0 Å². The van der Waals surface area contributed by atoms with Crippen molar-refractivity contribution in [2.24, 2.45) is 5.92 Å². The molecule has 1 aliphatic rings. The monoisotopic (exact) mass is 289 g/mol. The smallest absolute Gasteiger partial charge is 0.110 e. The third kappa shape index (κ3) is 3.00. The summed E-state index contributed by atoms with van der Waals surface area (Å²) in [5.41, 5.74) is 3.63. The Kier molecular flexibility index (Phi) is 4.29. The van der Waals surface area contributed by atoms with Crippen molar-refractivity contribution in [3.63, 3.8) is 0 Å². The molecule has 1 fully saturated rings.